The first kappa shape index (κ1) is 9.67. The molecule has 0 radical (unpaired) electrons. The minimum Gasteiger partial charge on any atom is -0.581 e. The summed E-state index contributed by atoms with van der Waals surface area (Å²) < 4.78 is 12.3. The number of carbonyl (C=O) groups is 1. The van der Waals surface area contributed by atoms with Gasteiger partial charge in [-0.15, -0.1) is 11.3 Å². The van der Waals surface area contributed by atoms with Crippen molar-refractivity contribution in [1.82, 2.24) is 4.72 Å². The molecule has 0 aliphatic heterocycles. The van der Waals surface area contributed by atoms with Crippen molar-refractivity contribution in [2.45, 2.75) is 0 Å². The monoisotopic (exact) mass is 181 g/mol. The van der Waals surface area contributed by atoms with Gasteiger partial charge in [-0.1, -0.05) is 6.08 Å². The molecule has 0 aliphatic rings. The molecule has 1 atom stereocenters. The number of hydrogen-bond donors (Lipinski definition) is 2. The maximum Gasteiger partial charge on any atom is 0.447 e. The lowest BCUT2D eigenvalue weighted by Crippen LogP contribution is -2.26. The summed E-state index contributed by atoms with van der Waals surface area (Å²) in [5.74, 6) is 0.465. The van der Waals surface area contributed by atoms with E-state index in [-0.39, 0.29) is 0 Å². The number of hydrogen-bond acceptors (Lipinski definition) is 3. The molecule has 58 valence electrons. The number of amides is 1. The Hall–Kier alpha value is -0.330. The quantitative estimate of drug-likeness (QED) is 0.381. The Kier molecular flexibility index (Phi) is 5.27. The Labute approximate surface area is 65.4 Å². The molecular formula is C4H7NO3S2. The highest BCUT2D eigenvalue weighted by Gasteiger charge is 2.09. The summed E-state index contributed by atoms with van der Waals surface area (Å²) in [7, 11) is -0.587. The van der Waals surface area contributed by atoms with Crippen LogP contribution in [0.3, 0.4) is 0 Å². The van der Waals surface area contributed by atoms with Crippen molar-refractivity contribution in [2.24, 2.45) is 0 Å². The Balaban J connectivity index is 3.33. The Morgan fingerprint density at radius 1 is 2.00 bits per heavy atom. The standard InChI is InChI=1S/C4H7NO3S2/c1-2-3-9-10(8)5-4(6)7/h2,5H,1,3H2,(H,6,7). The van der Waals surface area contributed by atoms with Gasteiger partial charge in [-0.3, -0.25) is 0 Å². The van der Waals surface area contributed by atoms with E-state index in [1.165, 1.54) is 0 Å². The van der Waals surface area contributed by atoms with Gasteiger partial charge in [-0.05, 0) is 0 Å². The van der Waals surface area contributed by atoms with E-state index in [4.69, 9.17) is 5.11 Å². The minimum atomic E-state index is -1.55. The van der Waals surface area contributed by atoms with Gasteiger partial charge >= 0.3 is 6.09 Å². The van der Waals surface area contributed by atoms with Crippen molar-refractivity contribution in [1.29, 1.82) is 0 Å². The largest absolute Gasteiger partial charge is 0.581 e. The van der Waals surface area contributed by atoms with E-state index in [1.807, 2.05) is 0 Å². The molecule has 2 N–H and O–H groups in total. The van der Waals surface area contributed by atoms with E-state index in [0.717, 1.165) is 10.8 Å². The third-order valence-corrected chi connectivity index (χ3v) is 2.69. The minimum absolute atomic E-state index is 0.465. The highest BCUT2D eigenvalue weighted by atomic mass is 33.1. The van der Waals surface area contributed by atoms with Crippen molar-refractivity contribution in [2.75, 3.05) is 5.75 Å². The average molecular weight is 181 g/mol. The molecule has 0 spiro atoms. The fourth-order valence-corrected chi connectivity index (χ4v) is 1.68. The SMILES string of the molecule is C=CCS[S+]([O-])NC(=O)O. The van der Waals surface area contributed by atoms with Crippen LogP contribution in [0, 0.1) is 0 Å². The maximum absolute atomic E-state index is 10.5. The zero-order valence-corrected chi connectivity index (χ0v) is 6.70. The van der Waals surface area contributed by atoms with Crippen LogP contribution in [0.1, 0.15) is 0 Å². The summed E-state index contributed by atoms with van der Waals surface area (Å²) in [5.41, 5.74) is 0. The molecule has 0 bridgehead atoms. The van der Waals surface area contributed by atoms with Gasteiger partial charge in [0, 0.05) is 0 Å². The molecule has 0 fully saturated rings. The van der Waals surface area contributed by atoms with Crippen molar-refractivity contribution in [3.05, 3.63) is 12.7 Å². The molecular weight excluding hydrogens is 174 g/mol. The van der Waals surface area contributed by atoms with Crippen LogP contribution in [-0.4, -0.2) is 21.5 Å². The number of rotatable bonds is 4. The van der Waals surface area contributed by atoms with E-state index in [2.05, 4.69) is 6.58 Å². The van der Waals surface area contributed by atoms with Crippen molar-refractivity contribution in [3.63, 3.8) is 0 Å². The molecule has 0 aromatic carbocycles. The first-order valence-corrected chi connectivity index (χ1v) is 4.97. The van der Waals surface area contributed by atoms with Gasteiger partial charge in [-0.25, -0.2) is 4.79 Å². The molecule has 4 nitrogen and oxygen atoms in total. The van der Waals surface area contributed by atoms with Crippen LogP contribution in [0.2, 0.25) is 0 Å². The molecule has 6 heteroatoms. The van der Waals surface area contributed by atoms with E-state index in [1.54, 1.807) is 10.8 Å². The summed E-state index contributed by atoms with van der Waals surface area (Å²) >= 11 is 0. The van der Waals surface area contributed by atoms with E-state index in [9.17, 15) is 9.35 Å². The highest BCUT2D eigenvalue weighted by molar-refractivity contribution is 8.71. The van der Waals surface area contributed by atoms with E-state index >= 15 is 0 Å². The average Bonchev–Trinajstić information content (AvgIpc) is 1.82. The van der Waals surface area contributed by atoms with Crippen molar-refractivity contribution >= 4 is 27.3 Å². The van der Waals surface area contributed by atoms with Crippen LogP contribution in [0.25, 0.3) is 0 Å². The van der Waals surface area contributed by atoms with Crippen LogP contribution < -0.4 is 4.72 Å². The van der Waals surface area contributed by atoms with Crippen LogP contribution in [0.15, 0.2) is 12.7 Å². The summed E-state index contributed by atoms with van der Waals surface area (Å²) in [4.78, 5) is 9.83. The van der Waals surface area contributed by atoms with Gasteiger partial charge in [0.25, 0.3) is 0 Å². The second-order valence-electron chi connectivity index (χ2n) is 1.22. The number of nitrogens with one attached hydrogen (secondary N) is 1. The molecule has 0 aromatic rings. The predicted molar refractivity (Wildman–Crippen MR) is 42.0 cm³/mol. The Morgan fingerprint density at radius 2 is 2.60 bits per heavy atom. The highest BCUT2D eigenvalue weighted by Crippen LogP contribution is 2.08. The molecule has 1 amide bonds. The van der Waals surface area contributed by atoms with Crippen molar-refractivity contribution in [3.8, 4) is 0 Å². The normalized spacial score (nSPS) is 12.1. The predicted octanol–water partition coefficient (Wildman–Crippen LogP) is 0.752. The fraction of sp³-hybridized carbons (Fsp3) is 0.250. The third-order valence-electron chi connectivity index (χ3n) is 0.464. The molecule has 0 heterocycles. The van der Waals surface area contributed by atoms with E-state index < -0.39 is 16.5 Å². The zero-order chi connectivity index (χ0) is 7.98. The second-order valence-corrected chi connectivity index (χ2v) is 4.07. The summed E-state index contributed by atoms with van der Waals surface area (Å²) in [6.07, 6.45) is 0.265. The third kappa shape index (κ3) is 5.80. The van der Waals surface area contributed by atoms with Crippen LogP contribution >= 0.6 is 10.8 Å². The van der Waals surface area contributed by atoms with Crippen LogP contribution in [0.4, 0.5) is 4.79 Å². The van der Waals surface area contributed by atoms with Gasteiger partial charge in [0.15, 0.2) is 0 Å². The molecule has 1 unspecified atom stereocenters. The van der Waals surface area contributed by atoms with Gasteiger partial charge < -0.3 is 9.66 Å². The first-order valence-electron chi connectivity index (χ1n) is 2.32. The lowest BCUT2D eigenvalue weighted by Gasteiger charge is -2.02. The van der Waals surface area contributed by atoms with Crippen LogP contribution in [-0.2, 0) is 10.4 Å². The second kappa shape index (κ2) is 5.45. The fourth-order valence-electron chi connectivity index (χ4n) is 0.211. The van der Waals surface area contributed by atoms with Gasteiger partial charge in [-0.2, -0.15) is 0 Å². The maximum atomic E-state index is 10.5. The smallest absolute Gasteiger partial charge is 0.447 e. The van der Waals surface area contributed by atoms with Gasteiger partial charge in [0.1, 0.15) is 21.2 Å². The van der Waals surface area contributed by atoms with Gasteiger partial charge in [0.05, 0.1) is 5.75 Å². The first-order chi connectivity index (χ1) is 4.66. The molecule has 10 heavy (non-hydrogen) atoms. The zero-order valence-electron chi connectivity index (χ0n) is 5.07. The summed E-state index contributed by atoms with van der Waals surface area (Å²) in [6, 6.07) is 0. The summed E-state index contributed by atoms with van der Waals surface area (Å²) in [5, 5.41) is 8.04. The molecule has 0 rings (SSSR count). The molecule has 0 aliphatic carbocycles. The number of carboxylic acid groups (broad SMARTS) is 1. The van der Waals surface area contributed by atoms with Gasteiger partial charge in [0.2, 0.25) is 0 Å². The summed E-state index contributed by atoms with van der Waals surface area (Å²) in [6.45, 7) is 3.38. The Bertz CT molecular complexity index is 130. The molecule has 0 saturated carbocycles. The van der Waals surface area contributed by atoms with Crippen molar-refractivity contribution < 1.29 is 14.5 Å². The Morgan fingerprint density at radius 3 is 3.00 bits per heavy atom. The topological polar surface area (TPSA) is 72.4 Å². The lowest BCUT2D eigenvalue weighted by atomic mass is 10.8. The molecule has 0 saturated heterocycles. The van der Waals surface area contributed by atoms with E-state index in [0.29, 0.717) is 5.75 Å². The van der Waals surface area contributed by atoms with Crippen LogP contribution in [0.5, 0.6) is 0 Å². The lowest BCUT2D eigenvalue weighted by molar-refractivity contribution is 0.201. The molecule has 0 aromatic heterocycles.